The van der Waals surface area contributed by atoms with E-state index >= 15 is 0 Å². The SMILES string of the molecule is CN1CCN(C(=O)/C(C#N)=C\NCc2ccc(S(N)(=O)=O)cc2)CC1. The summed E-state index contributed by atoms with van der Waals surface area (Å²) in [4.78, 5) is 16.2. The molecule has 3 N–H and O–H groups in total. The first-order chi connectivity index (χ1) is 11.8. The first kappa shape index (κ1) is 18.9. The molecule has 0 saturated carbocycles. The molecule has 0 spiro atoms. The number of hydrogen-bond acceptors (Lipinski definition) is 6. The fourth-order valence-corrected chi connectivity index (χ4v) is 2.91. The number of carbonyl (C=O) groups is 1. The van der Waals surface area contributed by atoms with Gasteiger partial charge in [0.25, 0.3) is 5.91 Å². The summed E-state index contributed by atoms with van der Waals surface area (Å²) in [6, 6.07) is 7.99. The van der Waals surface area contributed by atoms with Crippen LogP contribution in [0.1, 0.15) is 5.56 Å². The number of rotatable bonds is 5. The van der Waals surface area contributed by atoms with E-state index in [4.69, 9.17) is 5.14 Å². The lowest BCUT2D eigenvalue weighted by Gasteiger charge is -2.32. The van der Waals surface area contributed by atoms with Gasteiger partial charge in [0, 0.05) is 38.9 Å². The number of nitrogens with two attached hydrogens (primary N) is 1. The molecule has 0 aliphatic carbocycles. The number of benzene rings is 1. The highest BCUT2D eigenvalue weighted by molar-refractivity contribution is 7.89. The molecule has 134 valence electrons. The summed E-state index contributed by atoms with van der Waals surface area (Å²) < 4.78 is 22.4. The highest BCUT2D eigenvalue weighted by Crippen LogP contribution is 2.09. The zero-order chi connectivity index (χ0) is 18.4. The summed E-state index contributed by atoms with van der Waals surface area (Å²) in [7, 11) is -1.72. The smallest absolute Gasteiger partial charge is 0.266 e. The topological polar surface area (TPSA) is 120 Å². The van der Waals surface area contributed by atoms with E-state index in [2.05, 4.69) is 10.2 Å². The minimum Gasteiger partial charge on any atom is -0.386 e. The first-order valence-electron chi connectivity index (χ1n) is 7.74. The molecule has 1 aromatic rings. The fourth-order valence-electron chi connectivity index (χ4n) is 2.39. The van der Waals surface area contributed by atoms with Gasteiger partial charge in [0.05, 0.1) is 4.90 Å². The van der Waals surface area contributed by atoms with Crippen LogP contribution in [0.3, 0.4) is 0 Å². The van der Waals surface area contributed by atoms with Crippen LogP contribution < -0.4 is 10.5 Å². The Morgan fingerprint density at radius 1 is 1.28 bits per heavy atom. The van der Waals surface area contributed by atoms with Crippen molar-refractivity contribution in [2.75, 3.05) is 33.2 Å². The zero-order valence-electron chi connectivity index (χ0n) is 14.0. The van der Waals surface area contributed by atoms with Crippen molar-refractivity contribution in [1.29, 1.82) is 5.26 Å². The van der Waals surface area contributed by atoms with E-state index in [0.717, 1.165) is 18.7 Å². The first-order valence-corrected chi connectivity index (χ1v) is 9.29. The van der Waals surface area contributed by atoms with Crippen molar-refractivity contribution < 1.29 is 13.2 Å². The molecule has 1 saturated heterocycles. The average molecular weight is 363 g/mol. The summed E-state index contributed by atoms with van der Waals surface area (Å²) in [5.41, 5.74) is 0.846. The molecule has 0 aromatic heterocycles. The molecular formula is C16H21N5O3S. The Morgan fingerprint density at radius 3 is 2.40 bits per heavy atom. The number of nitrogens with one attached hydrogen (secondary N) is 1. The molecule has 1 heterocycles. The van der Waals surface area contributed by atoms with Gasteiger partial charge in [-0.3, -0.25) is 4.79 Å². The third-order valence-corrected chi connectivity index (χ3v) is 4.88. The number of sulfonamides is 1. The van der Waals surface area contributed by atoms with E-state index < -0.39 is 10.0 Å². The van der Waals surface area contributed by atoms with Gasteiger partial charge in [-0.25, -0.2) is 13.6 Å². The molecule has 1 fully saturated rings. The van der Waals surface area contributed by atoms with Gasteiger partial charge in [0.2, 0.25) is 10.0 Å². The Labute approximate surface area is 147 Å². The molecule has 8 nitrogen and oxygen atoms in total. The lowest BCUT2D eigenvalue weighted by atomic mass is 10.2. The molecule has 9 heteroatoms. The number of amides is 1. The molecule has 0 bridgehead atoms. The summed E-state index contributed by atoms with van der Waals surface area (Å²) in [6.45, 7) is 3.13. The molecule has 0 radical (unpaired) electrons. The predicted molar refractivity (Wildman–Crippen MR) is 92.4 cm³/mol. The molecule has 1 aromatic carbocycles. The minimum atomic E-state index is -3.71. The number of likely N-dealkylation sites (N-methyl/N-ethyl adjacent to an activating group) is 1. The van der Waals surface area contributed by atoms with Crippen LogP contribution in [-0.4, -0.2) is 57.4 Å². The van der Waals surface area contributed by atoms with Crippen molar-refractivity contribution in [1.82, 2.24) is 15.1 Å². The molecule has 2 rings (SSSR count). The number of nitriles is 1. The van der Waals surface area contributed by atoms with Crippen LogP contribution in [0.15, 0.2) is 40.9 Å². The van der Waals surface area contributed by atoms with Crippen molar-refractivity contribution in [3.63, 3.8) is 0 Å². The molecule has 1 amide bonds. The van der Waals surface area contributed by atoms with Crippen molar-refractivity contribution in [2.45, 2.75) is 11.4 Å². The Morgan fingerprint density at radius 2 is 1.88 bits per heavy atom. The van der Waals surface area contributed by atoms with Crippen molar-refractivity contribution in [2.24, 2.45) is 5.14 Å². The monoisotopic (exact) mass is 363 g/mol. The van der Waals surface area contributed by atoms with E-state index in [1.807, 2.05) is 13.1 Å². The van der Waals surface area contributed by atoms with Gasteiger partial charge >= 0.3 is 0 Å². The van der Waals surface area contributed by atoms with Crippen LogP contribution in [0.5, 0.6) is 0 Å². The van der Waals surface area contributed by atoms with Crippen LogP contribution in [-0.2, 0) is 21.4 Å². The lowest BCUT2D eigenvalue weighted by molar-refractivity contribution is -0.128. The number of carbonyl (C=O) groups excluding carboxylic acids is 1. The average Bonchev–Trinajstić information content (AvgIpc) is 2.58. The van der Waals surface area contributed by atoms with Crippen LogP contribution in [0.2, 0.25) is 0 Å². The molecule has 1 aliphatic rings. The van der Waals surface area contributed by atoms with E-state index in [-0.39, 0.29) is 16.4 Å². The Balaban J connectivity index is 1.95. The molecule has 0 atom stereocenters. The van der Waals surface area contributed by atoms with Crippen LogP contribution in [0.25, 0.3) is 0 Å². The van der Waals surface area contributed by atoms with Gasteiger partial charge in [0.1, 0.15) is 11.6 Å². The molecule has 1 aliphatic heterocycles. The van der Waals surface area contributed by atoms with Gasteiger partial charge in [0.15, 0.2) is 0 Å². The van der Waals surface area contributed by atoms with E-state index in [1.165, 1.54) is 18.3 Å². The van der Waals surface area contributed by atoms with Gasteiger partial charge < -0.3 is 15.1 Å². The van der Waals surface area contributed by atoms with Crippen molar-refractivity contribution in [3.8, 4) is 6.07 Å². The number of nitrogens with zero attached hydrogens (tertiary/aromatic N) is 3. The maximum Gasteiger partial charge on any atom is 0.266 e. The highest BCUT2D eigenvalue weighted by Gasteiger charge is 2.21. The van der Waals surface area contributed by atoms with Crippen LogP contribution in [0, 0.1) is 11.3 Å². The van der Waals surface area contributed by atoms with E-state index in [0.29, 0.717) is 19.6 Å². The second kappa shape index (κ2) is 8.11. The van der Waals surface area contributed by atoms with E-state index in [9.17, 15) is 18.5 Å². The Bertz CT molecular complexity index is 788. The maximum atomic E-state index is 12.3. The lowest BCUT2D eigenvalue weighted by Crippen LogP contribution is -2.47. The quantitative estimate of drug-likeness (QED) is 0.543. The fraction of sp³-hybridized carbons (Fsp3) is 0.375. The Kier molecular flexibility index (Phi) is 6.14. The third kappa shape index (κ3) is 5.29. The molecule has 0 unspecified atom stereocenters. The standard InChI is InChI=1S/C16H21N5O3S/c1-20-6-8-21(9-7-20)16(22)14(10-17)12-19-11-13-2-4-15(5-3-13)25(18,23)24/h2-5,12,19H,6-9,11H2,1H3,(H2,18,23,24)/b14-12-. The maximum absolute atomic E-state index is 12.3. The predicted octanol–water partition coefficient (Wildman–Crippen LogP) is -0.395. The van der Waals surface area contributed by atoms with E-state index in [1.54, 1.807) is 17.0 Å². The summed E-state index contributed by atoms with van der Waals surface area (Å²) in [5, 5.41) is 17.2. The van der Waals surface area contributed by atoms with Gasteiger partial charge in [-0.1, -0.05) is 12.1 Å². The number of primary sulfonamides is 1. The van der Waals surface area contributed by atoms with Crippen molar-refractivity contribution in [3.05, 3.63) is 41.6 Å². The molecular weight excluding hydrogens is 342 g/mol. The minimum absolute atomic E-state index is 0.0368. The number of hydrogen-bond donors (Lipinski definition) is 2. The van der Waals surface area contributed by atoms with Gasteiger partial charge in [-0.15, -0.1) is 0 Å². The van der Waals surface area contributed by atoms with Crippen molar-refractivity contribution >= 4 is 15.9 Å². The second-order valence-corrected chi connectivity index (χ2v) is 7.40. The second-order valence-electron chi connectivity index (χ2n) is 5.84. The van der Waals surface area contributed by atoms with Crippen LogP contribution in [0.4, 0.5) is 0 Å². The van der Waals surface area contributed by atoms with Gasteiger partial charge in [-0.05, 0) is 24.7 Å². The molecule has 25 heavy (non-hydrogen) atoms. The largest absolute Gasteiger partial charge is 0.386 e. The highest BCUT2D eigenvalue weighted by atomic mass is 32.2. The van der Waals surface area contributed by atoms with Crippen LogP contribution >= 0.6 is 0 Å². The zero-order valence-corrected chi connectivity index (χ0v) is 14.8. The van der Waals surface area contributed by atoms with Gasteiger partial charge in [-0.2, -0.15) is 5.26 Å². The third-order valence-electron chi connectivity index (χ3n) is 3.95. The summed E-state index contributed by atoms with van der Waals surface area (Å²) >= 11 is 0. The summed E-state index contributed by atoms with van der Waals surface area (Å²) in [6.07, 6.45) is 1.40. The normalized spacial score (nSPS) is 16.4. The summed E-state index contributed by atoms with van der Waals surface area (Å²) in [5.74, 6) is -0.285. The number of piperazine rings is 1. The Hall–Kier alpha value is -2.41.